The Hall–Kier alpha value is -0.340. The lowest BCUT2D eigenvalue weighted by Crippen LogP contribution is -2.26. The second kappa shape index (κ2) is 2.86. The van der Waals surface area contributed by atoms with Gasteiger partial charge in [0.25, 0.3) is 0 Å². The van der Waals surface area contributed by atoms with Crippen LogP contribution in [0.5, 0.6) is 0 Å². The maximum atomic E-state index is 9.63. The Morgan fingerprint density at radius 2 is 2.25 bits per heavy atom. The average Bonchev–Trinajstić information content (AvgIpc) is 2.32. The Kier molecular flexibility index (Phi) is 1.97. The summed E-state index contributed by atoms with van der Waals surface area (Å²) >= 11 is 0. The average molecular weight is 168 g/mol. The topological polar surface area (TPSA) is 29.5 Å². The van der Waals surface area contributed by atoms with Gasteiger partial charge in [-0.1, -0.05) is 6.92 Å². The highest BCUT2D eigenvalue weighted by Crippen LogP contribution is 2.39. The first-order chi connectivity index (χ1) is 5.70. The zero-order valence-corrected chi connectivity index (χ0v) is 7.71. The molecule has 1 fully saturated rings. The van der Waals surface area contributed by atoms with Crippen LogP contribution in [-0.2, 0) is 4.74 Å². The third-order valence-electron chi connectivity index (χ3n) is 3.26. The molecule has 1 N–H and O–H groups in total. The van der Waals surface area contributed by atoms with Crippen LogP contribution in [0.1, 0.15) is 20.3 Å². The van der Waals surface area contributed by atoms with Crippen molar-refractivity contribution in [3.63, 3.8) is 0 Å². The fourth-order valence-electron chi connectivity index (χ4n) is 2.33. The van der Waals surface area contributed by atoms with Crippen molar-refractivity contribution in [3.05, 3.63) is 11.1 Å². The molecule has 0 radical (unpaired) electrons. The molecule has 0 aromatic heterocycles. The summed E-state index contributed by atoms with van der Waals surface area (Å²) in [5.74, 6) is 1.18. The van der Waals surface area contributed by atoms with Crippen molar-refractivity contribution in [2.75, 3.05) is 13.2 Å². The summed E-state index contributed by atoms with van der Waals surface area (Å²) in [4.78, 5) is 0. The summed E-state index contributed by atoms with van der Waals surface area (Å²) in [6.45, 7) is 5.84. The molecule has 2 aliphatic rings. The van der Waals surface area contributed by atoms with Crippen LogP contribution in [0.4, 0.5) is 0 Å². The van der Waals surface area contributed by atoms with Crippen molar-refractivity contribution >= 4 is 0 Å². The first-order valence-corrected chi connectivity index (χ1v) is 4.65. The second-order valence-electron chi connectivity index (χ2n) is 4.06. The molecule has 2 rings (SSSR count). The number of fused-ring (bicyclic) bond motifs is 1. The minimum Gasteiger partial charge on any atom is -0.389 e. The fourth-order valence-corrected chi connectivity index (χ4v) is 2.33. The smallest absolute Gasteiger partial charge is 0.0756 e. The van der Waals surface area contributed by atoms with Gasteiger partial charge in [0.1, 0.15) is 0 Å². The van der Waals surface area contributed by atoms with E-state index in [0.29, 0.717) is 11.8 Å². The molecule has 2 nitrogen and oxygen atoms in total. The van der Waals surface area contributed by atoms with Gasteiger partial charge in [-0.05, 0) is 36.3 Å². The van der Waals surface area contributed by atoms with E-state index in [2.05, 4.69) is 6.92 Å². The second-order valence-corrected chi connectivity index (χ2v) is 4.06. The first kappa shape index (κ1) is 8.27. The minimum absolute atomic E-state index is 0.200. The Bertz CT molecular complexity index is 220. The molecule has 3 atom stereocenters. The van der Waals surface area contributed by atoms with E-state index in [1.165, 1.54) is 5.57 Å². The predicted molar refractivity (Wildman–Crippen MR) is 46.8 cm³/mol. The molecule has 1 aliphatic heterocycles. The molecule has 1 aliphatic carbocycles. The predicted octanol–water partition coefficient (Wildman–Crippen LogP) is 1.35. The highest BCUT2D eigenvalue weighted by Gasteiger charge is 2.35. The van der Waals surface area contributed by atoms with Crippen LogP contribution in [0.3, 0.4) is 0 Å². The SMILES string of the molecule is CC1=C2COC[C@H](C)[C@H]2C[C@@H]1O. The van der Waals surface area contributed by atoms with Crippen LogP contribution < -0.4 is 0 Å². The Morgan fingerprint density at radius 3 is 2.92 bits per heavy atom. The molecule has 0 amide bonds. The summed E-state index contributed by atoms with van der Waals surface area (Å²) in [5, 5.41) is 9.63. The van der Waals surface area contributed by atoms with E-state index >= 15 is 0 Å². The van der Waals surface area contributed by atoms with Crippen LogP contribution in [0, 0.1) is 11.8 Å². The molecule has 1 saturated heterocycles. The van der Waals surface area contributed by atoms with Crippen LogP contribution in [0.2, 0.25) is 0 Å². The van der Waals surface area contributed by atoms with E-state index in [1.807, 2.05) is 6.92 Å². The van der Waals surface area contributed by atoms with Crippen molar-refractivity contribution in [3.8, 4) is 0 Å². The van der Waals surface area contributed by atoms with Gasteiger partial charge >= 0.3 is 0 Å². The molecule has 0 unspecified atom stereocenters. The minimum atomic E-state index is -0.200. The lowest BCUT2D eigenvalue weighted by Gasteiger charge is -2.28. The molecule has 0 aromatic carbocycles. The number of hydrogen-bond donors (Lipinski definition) is 1. The Labute approximate surface area is 73.2 Å². The summed E-state index contributed by atoms with van der Waals surface area (Å²) in [6.07, 6.45) is 0.722. The zero-order chi connectivity index (χ0) is 8.72. The summed E-state index contributed by atoms with van der Waals surface area (Å²) in [5.41, 5.74) is 2.52. The monoisotopic (exact) mass is 168 g/mol. The van der Waals surface area contributed by atoms with E-state index in [-0.39, 0.29) is 6.10 Å². The highest BCUT2D eigenvalue weighted by molar-refractivity contribution is 5.27. The summed E-state index contributed by atoms with van der Waals surface area (Å²) in [7, 11) is 0. The highest BCUT2D eigenvalue weighted by atomic mass is 16.5. The number of hydrogen-bond acceptors (Lipinski definition) is 2. The number of aliphatic hydroxyl groups excluding tert-OH is 1. The fraction of sp³-hybridized carbons (Fsp3) is 0.800. The van der Waals surface area contributed by atoms with Crippen molar-refractivity contribution in [1.29, 1.82) is 0 Å². The molecule has 0 bridgehead atoms. The van der Waals surface area contributed by atoms with E-state index < -0.39 is 0 Å². The number of rotatable bonds is 0. The molecule has 12 heavy (non-hydrogen) atoms. The van der Waals surface area contributed by atoms with E-state index in [9.17, 15) is 5.11 Å². The molecular formula is C10H16O2. The van der Waals surface area contributed by atoms with Gasteiger partial charge in [-0.2, -0.15) is 0 Å². The first-order valence-electron chi connectivity index (χ1n) is 4.65. The third kappa shape index (κ3) is 1.10. The maximum absolute atomic E-state index is 9.63. The van der Waals surface area contributed by atoms with E-state index in [4.69, 9.17) is 4.74 Å². The molecule has 0 saturated carbocycles. The zero-order valence-electron chi connectivity index (χ0n) is 7.71. The van der Waals surface area contributed by atoms with E-state index in [1.54, 1.807) is 0 Å². The van der Waals surface area contributed by atoms with Crippen molar-refractivity contribution in [1.82, 2.24) is 0 Å². The summed E-state index contributed by atoms with van der Waals surface area (Å²) < 4.78 is 5.45. The quantitative estimate of drug-likeness (QED) is 0.553. The van der Waals surface area contributed by atoms with Gasteiger partial charge in [0.05, 0.1) is 19.3 Å². The molecule has 68 valence electrons. The molecule has 0 aromatic rings. The molecular weight excluding hydrogens is 152 g/mol. The molecule has 1 heterocycles. The van der Waals surface area contributed by atoms with Crippen molar-refractivity contribution in [2.45, 2.75) is 26.4 Å². The largest absolute Gasteiger partial charge is 0.389 e. The standard InChI is InChI=1S/C10H16O2/c1-6-4-12-5-9-7(2)10(11)3-8(6)9/h6,8,10-11H,3-5H2,1-2H3/t6-,8+,10-/m0/s1. The molecule has 2 heteroatoms. The van der Waals surface area contributed by atoms with Crippen molar-refractivity contribution in [2.24, 2.45) is 11.8 Å². The van der Waals surface area contributed by atoms with Crippen LogP contribution in [-0.4, -0.2) is 24.4 Å². The van der Waals surface area contributed by atoms with Gasteiger partial charge in [-0.15, -0.1) is 0 Å². The van der Waals surface area contributed by atoms with Gasteiger partial charge in [0.2, 0.25) is 0 Å². The van der Waals surface area contributed by atoms with Gasteiger partial charge in [0, 0.05) is 0 Å². The Balaban J connectivity index is 2.25. The van der Waals surface area contributed by atoms with Gasteiger partial charge in [0.15, 0.2) is 0 Å². The van der Waals surface area contributed by atoms with Crippen LogP contribution in [0.25, 0.3) is 0 Å². The van der Waals surface area contributed by atoms with Gasteiger partial charge in [-0.3, -0.25) is 0 Å². The third-order valence-corrected chi connectivity index (χ3v) is 3.26. The lowest BCUT2D eigenvalue weighted by atomic mass is 9.87. The van der Waals surface area contributed by atoms with E-state index in [0.717, 1.165) is 25.2 Å². The van der Waals surface area contributed by atoms with Crippen molar-refractivity contribution < 1.29 is 9.84 Å². The summed E-state index contributed by atoms with van der Waals surface area (Å²) in [6, 6.07) is 0. The van der Waals surface area contributed by atoms with Crippen LogP contribution >= 0.6 is 0 Å². The number of aliphatic hydroxyl groups is 1. The Morgan fingerprint density at radius 1 is 1.50 bits per heavy atom. The molecule has 0 spiro atoms. The van der Waals surface area contributed by atoms with Gasteiger partial charge < -0.3 is 9.84 Å². The van der Waals surface area contributed by atoms with Gasteiger partial charge in [-0.25, -0.2) is 0 Å². The maximum Gasteiger partial charge on any atom is 0.0756 e. The normalized spacial score (nSPS) is 41.8. The van der Waals surface area contributed by atoms with Crippen LogP contribution in [0.15, 0.2) is 11.1 Å². The lowest BCUT2D eigenvalue weighted by molar-refractivity contribution is 0.0615. The number of ether oxygens (including phenoxy) is 1.